The maximum atomic E-state index is 9.52. The van der Waals surface area contributed by atoms with Gasteiger partial charge in [-0.1, -0.05) is 20.8 Å². The second-order valence-electron chi connectivity index (χ2n) is 6.50. The minimum absolute atomic E-state index is 0.0666. The lowest BCUT2D eigenvalue weighted by Crippen LogP contribution is -2.49. The molecular weight excluding hydrogens is 232 g/mol. The Morgan fingerprint density at radius 1 is 1.35 bits per heavy atom. The fraction of sp³-hybridized carbons (Fsp3) is 1.00. The highest BCUT2D eigenvalue weighted by molar-refractivity contribution is 6.74. The molecule has 0 aromatic rings. The Labute approximate surface area is 107 Å². The lowest BCUT2D eigenvalue weighted by Gasteiger charge is -2.41. The van der Waals surface area contributed by atoms with E-state index in [2.05, 4.69) is 33.9 Å². The van der Waals surface area contributed by atoms with Gasteiger partial charge in [0, 0.05) is 6.61 Å². The lowest BCUT2D eigenvalue weighted by atomic mass is 10.1. The van der Waals surface area contributed by atoms with Crippen LogP contribution >= 0.6 is 0 Å². The van der Waals surface area contributed by atoms with Crippen LogP contribution in [0.5, 0.6) is 0 Å². The molecule has 0 aromatic heterocycles. The molecule has 1 saturated heterocycles. The number of aliphatic hydroxyl groups is 1. The van der Waals surface area contributed by atoms with E-state index < -0.39 is 8.32 Å². The van der Waals surface area contributed by atoms with Gasteiger partial charge in [0.25, 0.3) is 0 Å². The lowest BCUT2D eigenvalue weighted by molar-refractivity contribution is -0.0726. The van der Waals surface area contributed by atoms with Crippen molar-refractivity contribution in [2.24, 2.45) is 0 Å². The van der Waals surface area contributed by atoms with Crippen LogP contribution in [-0.2, 0) is 9.16 Å². The highest BCUT2D eigenvalue weighted by Gasteiger charge is 2.41. The van der Waals surface area contributed by atoms with E-state index in [9.17, 15) is 5.11 Å². The highest BCUT2D eigenvalue weighted by Crippen LogP contribution is 2.38. The van der Waals surface area contributed by atoms with Crippen molar-refractivity contribution in [2.45, 2.75) is 70.4 Å². The molecule has 1 aliphatic heterocycles. The number of hydrogen-bond donors (Lipinski definition) is 1. The van der Waals surface area contributed by atoms with Gasteiger partial charge in [0.15, 0.2) is 8.32 Å². The van der Waals surface area contributed by atoms with Crippen LogP contribution in [0.4, 0.5) is 0 Å². The van der Waals surface area contributed by atoms with Gasteiger partial charge in [0.05, 0.1) is 18.8 Å². The van der Waals surface area contributed by atoms with E-state index in [-0.39, 0.29) is 23.9 Å². The number of aliphatic hydroxyl groups excluding tert-OH is 1. The third-order valence-electron chi connectivity index (χ3n) is 4.06. The number of rotatable bonds is 4. The first-order chi connectivity index (χ1) is 7.78. The summed E-state index contributed by atoms with van der Waals surface area (Å²) in [5.41, 5.74) is 0. The Bertz CT molecular complexity index is 229. The first-order valence-corrected chi connectivity index (χ1v) is 9.59. The molecule has 0 radical (unpaired) electrons. The summed E-state index contributed by atoms with van der Waals surface area (Å²) in [5, 5.41) is 9.70. The number of hydrogen-bond acceptors (Lipinski definition) is 3. The Morgan fingerprint density at radius 2 is 2.00 bits per heavy atom. The van der Waals surface area contributed by atoms with Gasteiger partial charge < -0.3 is 14.3 Å². The molecule has 0 bridgehead atoms. The molecule has 0 saturated carbocycles. The third kappa shape index (κ3) is 4.05. The van der Waals surface area contributed by atoms with Crippen molar-refractivity contribution in [1.82, 2.24) is 0 Å². The molecule has 3 nitrogen and oxygen atoms in total. The molecule has 2 atom stereocenters. The Balaban J connectivity index is 2.62. The zero-order valence-corrected chi connectivity index (χ0v) is 13.0. The summed E-state index contributed by atoms with van der Waals surface area (Å²) in [6.07, 6.45) is 3.27. The van der Waals surface area contributed by atoms with E-state index in [4.69, 9.17) is 9.16 Å². The smallest absolute Gasteiger partial charge is 0.192 e. The van der Waals surface area contributed by atoms with E-state index in [1.165, 1.54) is 6.42 Å². The SMILES string of the molecule is CC(C)(C)[Si](C)(C)O[C@@H](CO)[C@H]1CCCCO1. The van der Waals surface area contributed by atoms with E-state index in [1.54, 1.807) is 0 Å². The topological polar surface area (TPSA) is 38.7 Å². The average molecular weight is 260 g/mol. The Hall–Kier alpha value is 0.0969. The molecule has 1 aliphatic rings. The third-order valence-corrected chi connectivity index (χ3v) is 8.57. The second-order valence-corrected chi connectivity index (χ2v) is 11.3. The molecule has 0 unspecified atom stereocenters. The van der Waals surface area contributed by atoms with Crippen LogP contribution in [0.3, 0.4) is 0 Å². The maximum absolute atomic E-state index is 9.52. The minimum Gasteiger partial charge on any atom is -0.409 e. The molecule has 1 fully saturated rings. The van der Waals surface area contributed by atoms with Crippen molar-refractivity contribution >= 4 is 8.32 Å². The first-order valence-electron chi connectivity index (χ1n) is 6.68. The van der Waals surface area contributed by atoms with Crippen LogP contribution in [0.1, 0.15) is 40.0 Å². The van der Waals surface area contributed by atoms with Crippen molar-refractivity contribution < 1.29 is 14.3 Å². The first kappa shape index (κ1) is 15.2. The second kappa shape index (κ2) is 5.82. The predicted molar refractivity (Wildman–Crippen MR) is 72.7 cm³/mol. The molecule has 0 aliphatic carbocycles. The zero-order chi connectivity index (χ0) is 13.1. The van der Waals surface area contributed by atoms with E-state index >= 15 is 0 Å². The van der Waals surface area contributed by atoms with Gasteiger partial charge in [0.1, 0.15) is 0 Å². The molecular formula is C13H28O3Si. The van der Waals surface area contributed by atoms with Crippen LogP contribution in [0.2, 0.25) is 18.1 Å². The van der Waals surface area contributed by atoms with Gasteiger partial charge in [-0.3, -0.25) is 0 Å². The van der Waals surface area contributed by atoms with Gasteiger partial charge in [-0.05, 0) is 37.4 Å². The van der Waals surface area contributed by atoms with Crippen molar-refractivity contribution in [1.29, 1.82) is 0 Å². The van der Waals surface area contributed by atoms with Crippen LogP contribution in [0.25, 0.3) is 0 Å². The molecule has 0 spiro atoms. The van der Waals surface area contributed by atoms with Crippen LogP contribution in [0.15, 0.2) is 0 Å². The zero-order valence-electron chi connectivity index (χ0n) is 12.0. The number of ether oxygens (including phenoxy) is 1. The molecule has 0 aromatic carbocycles. The van der Waals surface area contributed by atoms with Gasteiger partial charge in [0.2, 0.25) is 0 Å². The fourth-order valence-electron chi connectivity index (χ4n) is 1.84. The fourth-order valence-corrected chi connectivity index (χ4v) is 3.18. The van der Waals surface area contributed by atoms with E-state index in [0.29, 0.717) is 0 Å². The molecule has 17 heavy (non-hydrogen) atoms. The van der Waals surface area contributed by atoms with Crippen molar-refractivity contribution in [3.05, 3.63) is 0 Å². The summed E-state index contributed by atoms with van der Waals surface area (Å²) >= 11 is 0. The monoisotopic (exact) mass is 260 g/mol. The van der Waals surface area contributed by atoms with Crippen molar-refractivity contribution in [2.75, 3.05) is 13.2 Å². The standard InChI is InChI=1S/C13H28O3Si/c1-13(2,3)17(4,5)16-12(10-14)11-8-6-7-9-15-11/h11-12,14H,6-10H2,1-5H3/t11-,12+/m1/s1. The highest BCUT2D eigenvalue weighted by atomic mass is 28.4. The molecule has 0 amide bonds. The summed E-state index contributed by atoms with van der Waals surface area (Å²) < 4.78 is 12.0. The molecule has 4 heteroatoms. The van der Waals surface area contributed by atoms with Crippen LogP contribution in [0, 0.1) is 0 Å². The average Bonchev–Trinajstić information content (AvgIpc) is 2.25. The summed E-state index contributed by atoms with van der Waals surface area (Å²) in [6.45, 7) is 12.0. The van der Waals surface area contributed by atoms with Gasteiger partial charge in [-0.25, -0.2) is 0 Å². The quantitative estimate of drug-likeness (QED) is 0.790. The summed E-state index contributed by atoms with van der Waals surface area (Å²) in [7, 11) is -1.81. The normalized spacial score (nSPS) is 24.7. The van der Waals surface area contributed by atoms with Crippen LogP contribution < -0.4 is 0 Å². The molecule has 102 valence electrons. The van der Waals surface area contributed by atoms with Crippen LogP contribution in [-0.4, -0.2) is 38.8 Å². The summed E-state index contributed by atoms with van der Waals surface area (Å²) in [6, 6.07) is 0. The van der Waals surface area contributed by atoms with Crippen molar-refractivity contribution in [3.63, 3.8) is 0 Å². The molecule has 1 heterocycles. The summed E-state index contributed by atoms with van der Waals surface area (Å²) in [5.74, 6) is 0. The van der Waals surface area contributed by atoms with E-state index in [1.807, 2.05) is 0 Å². The molecule has 1 rings (SSSR count). The predicted octanol–water partition coefficient (Wildman–Crippen LogP) is 2.94. The Morgan fingerprint density at radius 3 is 2.41 bits per heavy atom. The summed E-state index contributed by atoms with van der Waals surface area (Å²) in [4.78, 5) is 0. The minimum atomic E-state index is -1.81. The van der Waals surface area contributed by atoms with Gasteiger partial charge in [-0.2, -0.15) is 0 Å². The van der Waals surface area contributed by atoms with E-state index in [0.717, 1.165) is 19.4 Å². The van der Waals surface area contributed by atoms with Gasteiger partial charge >= 0.3 is 0 Å². The maximum Gasteiger partial charge on any atom is 0.192 e. The molecule has 1 N–H and O–H groups in total. The Kier molecular flexibility index (Phi) is 5.19. The largest absolute Gasteiger partial charge is 0.409 e. The van der Waals surface area contributed by atoms with Crippen molar-refractivity contribution in [3.8, 4) is 0 Å². The van der Waals surface area contributed by atoms with Gasteiger partial charge in [-0.15, -0.1) is 0 Å².